The number of amides is 3. The number of halogens is 2. The number of ether oxygens (including phenoxy) is 2. The molecule has 0 spiro atoms. The van der Waals surface area contributed by atoms with E-state index in [1.807, 2.05) is 59.2 Å². The number of carbonyl (C=O) groups excluding carboxylic acids is 3. The summed E-state index contributed by atoms with van der Waals surface area (Å²) in [6.45, 7) is 6.94. The molecule has 5 rings (SSSR count). The average molecular weight is 676 g/mol. The number of piperidine rings is 1. The van der Waals surface area contributed by atoms with Crippen molar-refractivity contribution >= 4 is 48.5 Å². The van der Waals surface area contributed by atoms with Gasteiger partial charge in [-0.15, -0.1) is 24.8 Å². The van der Waals surface area contributed by atoms with Crippen LogP contribution in [0.4, 0.5) is 10.6 Å². The molecular weight excluding hydrogens is 631 g/mol. The number of hydrogen-bond donors (Lipinski definition) is 3. The molecule has 3 amide bonds. The molecule has 1 fully saturated rings. The van der Waals surface area contributed by atoms with Crippen LogP contribution < -0.4 is 16.4 Å². The van der Waals surface area contributed by atoms with Crippen LogP contribution in [0.25, 0.3) is 0 Å². The minimum Gasteiger partial charge on any atom is -0.443 e. The molecule has 250 valence electrons. The van der Waals surface area contributed by atoms with Gasteiger partial charge in [-0.2, -0.15) is 0 Å². The minimum absolute atomic E-state index is 0. The Morgan fingerprint density at radius 1 is 1.04 bits per heavy atom. The molecule has 0 saturated carbocycles. The lowest BCUT2D eigenvalue weighted by Gasteiger charge is -2.31. The number of likely N-dealkylation sites (tertiary alicyclic amines) is 1. The molecule has 46 heavy (non-hydrogen) atoms. The van der Waals surface area contributed by atoms with E-state index in [1.165, 1.54) is 0 Å². The fraction of sp³-hybridized carbons (Fsp3) is 0.455. The predicted molar refractivity (Wildman–Crippen MR) is 180 cm³/mol. The van der Waals surface area contributed by atoms with E-state index < -0.39 is 29.5 Å². The molecule has 2 aliphatic rings. The molecule has 3 atom stereocenters. The first-order chi connectivity index (χ1) is 21.1. The number of hydrogen-bond acceptors (Lipinski definition) is 7. The summed E-state index contributed by atoms with van der Waals surface area (Å²) in [4.78, 5) is 45.4. The van der Waals surface area contributed by atoms with Crippen molar-refractivity contribution in [1.29, 1.82) is 0 Å². The van der Waals surface area contributed by atoms with Gasteiger partial charge in [0.25, 0.3) is 5.91 Å². The van der Waals surface area contributed by atoms with E-state index in [1.54, 1.807) is 31.3 Å². The topological polar surface area (TPSA) is 141 Å². The van der Waals surface area contributed by atoms with Gasteiger partial charge in [0, 0.05) is 25.7 Å². The van der Waals surface area contributed by atoms with Gasteiger partial charge >= 0.3 is 6.09 Å². The lowest BCUT2D eigenvalue weighted by molar-refractivity contribution is -0.130. The zero-order valence-corrected chi connectivity index (χ0v) is 28.0. The molecule has 11 nitrogen and oxygen atoms in total. The van der Waals surface area contributed by atoms with Gasteiger partial charge in [-0.3, -0.25) is 9.59 Å². The molecule has 0 bridgehead atoms. The standard InChI is InChI=1S/C33H42N6O5.2ClH/c1-22-13-15-38(16-14-22)32(42)44-27-17-24-11-7-8-12-25(24)29(27)39-18-28(35-21-39)37-30(40)26(36-31(41)33(2,3)34)20-43-19-23-9-5-4-6-10-23;;/h4-12,18,21-22,26-27,29H,13-17,19-20,34H2,1-3H3,(H,36,41)(H,37,40);2*1H/t26-,27-,29+;;/m1../s1. The van der Waals surface area contributed by atoms with Gasteiger partial charge in [0.1, 0.15) is 12.1 Å². The zero-order valence-electron chi connectivity index (χ0n) is 26.4. The summed E-state index contributed by atoms with van der Waals surface area (Å²) < 4.78 is 13.7. The van der Waals surface area contributed by atoms with Crippen LogP contribution in [0, 0.1) is 5.92 Å². The summed E-state index contributed by atoms with van der Waals surface area (Å²) in [5.41, 5.74) is 7.87. The van der Waals surface area contributed by atoms with Crippen molar-refractivity contribution in [3.8, 4) is 0 Å². The predicted octanol–water partition coefficient (Wildman–Crippen LogP) is 4.49. The molecule has 13 heteroatoms. The van der Waals surface area contributed by atoms with Crippen molar-refractivity contribution in [3.63, 3.8) is 0 Å². The SMILES string of the molecule is CC1CCN(C(=O)O[C@@H]2Cc3ccccc3[C@@H]2n2cnc(NC(=O)[C@@H](COCc3ccccc3)NC(=O)C(C)(C)N)c2)CC1.Cl.Cl. The number of benzene rings is 2. The Kier molecular flexibility index (Phi) is 13.0. The fourth-order valence-corrected chi connectivity index (χ4v) is 5.55. The van der Waals surface area contributed by atoms with Crippen LogP contribution in [0.2, 0.25) is 0 Å². The second-order valence-corrected chi connectivity index (χ2v) is 12.4. The number of nitrogens with two attached hydrogens (primary N) is 1. The largest absolute Gasteiger partial charge is 0.443 e. The lowest BCUT2D eigenvalue weighted by atomic mass is 10.00. The molecule has 1 aliphatic heterocycles. The van der Waals surface area contributed by atoms with Gasteiger partial charge in [0.15, 0.2) is 5.82 Å². The number of anilines is 1. The average Bonchev–Trinajstić information content (AvgIpc) is 3.60. The van der Waals surface area contributed by atoms with Crippen LogP contribution in [-0.4, -0.2) is 69.7 Å². The molecule has 2 aromatic carbocycles. The quantitative estimate of drug-likeness (QED) is 0.288. The normalized spacial score (nSPS) is 18.4. The van der Waals surface area contributed by atoms with Crippen LogP contribution in [-0.2, 0) is 32.1 Å². The maximum absolute atomic E-state index is 13.4. The number of imidazole rings is 1. The Balaban J connectivity index is 0.00000288. The van der Waals surface area contributed by atoms with E-state index in [-0.39, 0.29) is 50.2 Å². The fourth-order valence-electron chi connectivity index (χ4n) is 5.55. The molecule has 3 aromatic rings. The van der Waals surface area contributed by atoms with E-state index in [0.29, 0.717) is 31.2 Å². The summed E-state index contributed by atoms with van der Waals surface area (Å²) in [5.74, 6) is -0.0760. The third kappa shape index (κ3) is 9.22. The maximum atomic E-state index is 13.4. The summed E-state index contributed by atoms with van der Waals surface area (Å²) >= 11 is 0. The number of rotatable bonds is 10. The van der Waals surface area contributed by atoms with Crippen molar-refractivity contribution in [2.24, 2.45) is 11.7 Å². The van der Waals surface area contributed by atoms with Gasteiger partial charge < -0.3 is 35.3 Å². The maximum Gasteiger partial charge on any atom is 0.410 e. The number of nitrogens with one attached hydrogen (secondary N) is 2. The highest BCUT2D eigenvalue weighted by Gasteiger charge is 2.38. The van der Waals surface area contributed by atoms with Gasteiger partial charge in [0.2, 0.25) is 5.91 Å². The number of nitrogens with zero attached hydrogens (tertiary/aromatic N) is 3. The Bertz CT molecular complexity index is 1460. The molecule has 1 saturated heterocycles. The van der Waals surface area contributed by atoms with E-state index >= 15 is 0 Å². The highest BCUT2D eigenvalue weighted by molar-refractivity contribution is 5.98. The van der Waals surface area contributed by atoms with Crippen molar-refractivity contribution in [3.05, 3.63) is 83.8 Å². The van der Waals surface area contributed by atoms with Gasteiger partial charge in [-0.25, -0.2) is 9.78 Å². The van der Waals surface area contributed by atoms with Gasteiger partial charge in [0.05, 0.1) is 31.1 Å². The van der Waals surface area contributed by atoms with Gasteiger partial charge in [-0.05, 0) is 49.3 Å². The summed E-state index contributed by atoms with van der Waals surface area (Å²) in [7, 11) is 0. The van der Waals surface area contributed by atoms with Crippen molar-refractivity contribution < 1.29 is 23.9 Å². The highest BCUT2D eigenvalue weighted by Crippen LogP contribution is 2.37. The van der Waals surface area contributed by atoms with Crippen molar-refractivity contribution in [1.82, 2.24) is 19.8 Å². The number of carbonyl (C=O) groups is 3. The molecule has 2 heterocycles. The molecule has 0 unspecified atom stereocenters. The first kappa shape index (κ1) is 36.8. The van der Waals surface area contributed by atoms with Crippen LogP contribution >= 0.6 is 24.8 Å². The molecule has 4 N–H and O–H groups in total. The zero-order chi connectivity index (χ0) is 31.3. The summed E-state index contributed by atoms with van der Waals surface area (Å²) in [6, 6.07) is 16.2. The molecule has 1 aromatic heterocycles. The summed E-state index contributed by atoms with van der Waals surface area (Å²) in [6.07, 6.45) is 5.12. The Labute approximate surface area is 282 Å². The molecule has 1 aliphatic carbocycles. The highest BCUT2D eigenvalue weighted by atomic mass is 35.5. The second-order valence-electron chi connectivity index (χ2n) is 12.4. The number of aromatic nitrogens is 2. The van der Waals surface area contributed by atoms with Crippen LogP contribution in [0.5, 0.6) is 0 Å². The monoisotopic (exact) mass is 674 g/mol. The first-order valence-corrected chi connectivity index (χ1v) is 15.2. The van der Waals surface area contributed by atoms with E-state index in [0.717, 1.165) is 29.5 Å². The Morgan fingerprint density at radius 3 is 2.41 bits per heavy atom. The molecule has 0 radical (unpaired) electrons. The first-order valence-electron chi connectivity index (χ1n) is 15.2. The number of fused-ring (bicyclic) bond motifs is 1. The van der Waals surface area contributed by atoms with E-state index in [4.69, 9.17) is 15.2 Å². The second kappa shape index (κ2) is 16.3. The van der Waals surface area contributed by atoms with E-state index in [2.05, 4.69) is 22.5 Å². The van der Waals surface area contributed by atoms with Gasteiger partial charge in [-0.1, -0.05) is 61.5 Å². The van der Waals surface area contributed by atoms with Crippen molar-refractivity contribution in [2.75, 3.05) is 25.0 Å². The van der Waals surface area contributed by atoms with E-state index in [9.17, 15) is 14.4 Å². The van der Waals surface area contributed by atoms with Crippen LogP contribution in [0.3, 0.4) is 0 Å². The summed E-state index contributed by atoms with van der Waals surface area (Å²) in [5, 5.41) is 5.51. The third-order valence-electron chi connectivity index (χ3n) is 8.22. The van der Waals surface area contributed by atoms with Crippen LogP contribution in [0.15, 0.2) is 67.1 Å². The van der Waals surface area contributed by atoms with Crippen molar-refractivity contribution in [2.45, 2.75) is 70.4 Å². The Morgan fingerprint density at radius 2 is 1.72 bits per heavy atom. The Hall–Kier alpha value is -3.64. The van der Waals surface area contributed by atoms with Crippen LogP contribution in [0.1, 0.15) is 56.3 Å². The third-order valence-corrected chi connectivity index (χ3v) is 8.22. The minimum atomic E-state index is -1.19. The molecular formula is C33H44Cl2N6O5. The smallest absolute Gasteiger partial charge is 0.410 e. The lowest BCUT2D eigenvalue weighted by Crippen LogP contribution is -2.56.